The molecule has 0 aliphatic rings. The lowest BCUT2D eigenvalue weighted by molar-refractivity contribution is 1.60. The maximum Gasteiger partial charge on any atom is -0.00987 e. The van der Waals surface area contributed by atoms with Gasteiger partial charge < -0.3 is 0 Å². The normalized spacial score (nSPS) is 11.5. The fourth-order valence-electron chi connectivity index (χ4n) is 7.23. The van der Waals surface area contributed by atoms with E-state index in [-0.39, 0.29) is 0 Å². The van der Waals surface area contributed by atoms with Crippen LogP contribution in [-0.2, 0) is 0 Å². The minimum absolute atomic E-state index is 1.22. The van der Waals surface area contributed by atoms with Crippen LogP contribution >= 0.6 is 0 Å². The smallest absolute Gasteiger partial charge is 0.00987 e. The molecule has 0 nitrogen and oxygen atoms in total. The van der Waals surface area contributed by atoms with Crippen molar-refractivity contribution < 1.29 is 0 Å². The summed E-state index contributed by atoms with van der Waals surface area (Å²) in [4.78, 5) is 0. The highest BCUT2D eigenvalue weighted by Gasteiger charge is 2.14. The van der Waals surface area contributed by atoms with Gasteiger partial charge in [0.05, 0.1) is 0 Å². The van der Waals surface area contributed by atoms with Crippen LogP contribution in [0.15, 0.2) is 182 Å². The van der Waals surface area contributed by atoms with Gasteiger partial charge in [0, 0.05) is 0 Å². The number of benzene rings is 9. The van der Waals surface area contributed by atoms with Crippen molar-refractivity contribution in [3.63, 3.8) is 0 Å². The molecule has 0 aromatic heterocycles. The Morgan fingerprint density at radius 1 is 0.196 bits per heavy atom. The molecular weight excluding hydrogens is 553 g/mol. The third kappa shape index (κ3) is 4.38. The second kappa shape index (κ2) is 10.9. The number of hydrogen-bond acceptors (Lipinski definition) is 0. The van der Waals surface area contributed by atoms with Gasteiger partial charge in [-0.3, -0.25) is 0 Å². The third-order valence-corrected chi connectivity index (χ3v) is 9.48. The van der Waals surface area contributed by atoms with Crippen LogP contribution in [0.5, 0.6) is 0 Å². The van der Waals surface area contributed by atoms with Gasteiger partial charge in [-0.05, 0) is 99.7 Å². The van der Waals surface area contributed by atoms with Crippen molar-refractivity contribution in [2.24, 2.45) is 0 Å². The highest BCUT2D eigenvalue weighted by atomic mass is 14.2. The summed E-state index contributed by atoms with van der Waals surface area (Å²) in [6, 6.07) is 66.5. The van der Waals surface area contributed by atoms with E-state index in [0.29, 0.717) is 0 Å². The molecule has 0 heteroatoms. The molecule has 0 heterocycles. The maximum atomic E-state index is 2.34. The second-order valence-electron chi connectivity index (χ2n) is 12.1. The quantitative estimate of drug-likeness (QED) is 0.181. The minimum atomic E-state index is 1.22. The standard InChI is InChI=1S/C46H30/c1-2-12-34-29-36(26-21-31(34)11-1)38-15-5-6-17-41(38)45-28-27-39(42-18-7-9-19-43(42)45)32-22-24-33(25-23-32)46-30-35-13-3-4-14-37(35)40-16-8-10-20-44(40)46/h1-30H. The molecule has 0 aliphatic carbocycles. The summed E-state index contributed by atoms with van der Waals surface area (Å²) in [5.41, 5.74) is 9.96. The van der Waals surface area contributed by atoms with Crippen molar-refractivity contribution in [2.75, 3.05) is 0 Å². The average Bonchev–Trinajstić information content (AvgIpc) is 3.14. The van der Waals surface area contributed by atoms with Gasteiger partial charge in [0.2, 0.25) is 0 Å². The Bertz CT molecular complexity index is 2570. The van der Waals surface area contributed by atoms with Crippen LogP contribution in [0.3, 0.4) is 0 Å². The molecule has 0 saturated heterocycles. The van der Waals surface area contributed by atoms with Gasteiger partial charge in [-0.15, -0.1) is 0 Å². The molecule has 0 saturated carbocycles. The fourth-order valence-corrected chi connectivity index (χ4v) is 7.23. The molecule has 9 rings (SSSR count). The first-order chi connectivity index (χ1) is 22.8. The van der Waals surface area contributed by atoms with E-state index in [0.717, 1.165) is 0 Å². The zero-order chi connectivity index (χ0) is 30.5. The third-order valence-electron chi connectivity index (χ3n) is 9.48. The molecule has 0 bridgehead atoms. The summed E-state index contributed by atoms with van der Waals surface area (Å²) in [6.45, 7) is 0. The van der Waals surface area contributed by atoms with Gasteiger partial charge in [-0.1, -0.05) is 170 Å². The second-order valence-corrected chi connectivity index (χ2v) is 12.1. The molecule has 0 radical (unpaired) electrons. The van der Waals surface area contributed by atoms with Crippen LogP contribution in [0.1, 0.15) is 0 Å². The Balaban J connectivity index is 1.15. The van der Waals surface area contributed by atoms with E-state index in [2.05, 4.69) is 182 Å². The van der Waals surface area contributed by atoms with Crippen molar-refractivity contribution in [2.45, 2.75) is 0 Å². The molecule has 0 amide bonds. The van der Waals surface area contributed by atoms with Gasteiger partial charge in [-0.2, -0.15) is 0 Å². The van der Waals surface area contributed by atoms with Crippen LogP contribution in [0, 0.1) is 0 Å². The molecule has 0 spiro atoms. The van der Waals surface area contributed by atoms with Gasteiger partial charge in [0.25, 0.3) is 0 Å². The zero-order valence-electron chi connectivity index (χ0n) is 25.3. The van der Waals surface area contributed by atoms with Crippen molar-refractivity contribution in [1.29, 1.82) is 0 Å². The summed E-state index contributed by atoms with van der Waals surface area (Å²) < 4.78 is 0. The Labute approximate surface area is 268 Å². The molecule has 9 aromatic carbocycles. The largest absolute Gasteiger partial charge is 0.0616 e. The average molecular weight is 583 g/mol. The van der Waals surface area contributed by atoms with Crippen molar-refractivity contribution in [1.82, 2.24) is 0 Å². The predicted octanol–water partition coefficient (Wildman–Crippen LogP) is 13.0. The van der Waals surface area contributed by atoms with Gasteiger partial charge in [-0.25, -0.2) is 0 Å². The number of fused-ring (bicyclic) bond motifs is 5. The summed E-state index contributed by atoms with van der Waals surface area (Å²) in [7, 11) is 0. The lowest BCUT2D eigenvalue weighted by atomic mass is 9.88. The molecule has 46 heavy (non-hydrogen) atoms. The highest BCUT2D eigenvalue weighted by molar-refractivity contribution is 6.14. The molecule has 0 unspecified atom stereocenters. The molecule has 0 atom stereocenters. The Morgan fingerprint density at radius 2 is 0.674 bits per heavy atom. The number of hydrogen-bond donors (Lipinski definition) is 0. The number of rotatable bonds is 4. The Kier molecular flexibility index (Phi) is 6.25. The molecule has 214 valence electrons. The van der Waals surface area contributed by atoms with Gasteiger partial charge >= 0.3 is 0 Å². The minimum Gasteiger partial charge on any atom is -0.0616 e. The van der Waals surface area contributed by atoms with E-state index < -0.39 is 0 Å². The van der Waals surface area contributed by atoms with Crippen LogP contribution in [0.2, 0.25) is 0 Å². The summed E-state index contributed by atoms with van der Waals surface area (Å²) in [6.07, 6.45) is 0. The first-order valence-electron chi connectivity index (χ1n) is 15.9. The van der Waals surface area contributed by atoms with Crippen LogP contribution in [0.25, 0.3) is 87.6 Å². The van der Waals surface area contributed by atoms with Crippen LogP contribution < -0.4 is 0 Å². The van der Waals surface area contributed by atoms with Gasteiger partial charge in [0.1, 0.15) is 0 Å². The molecule has 9 aromatic rings. The van der Waals surface area contributed by atoms with E-state index in [1.54, 1.807) is 0 Å². The first kappa shape index (κ1) is 26.4. The first-order valence-corrected chi connectivity index (χ1v) is 15.9. The van der Waals surface area contributed by atoms with Crippen LogP contribution in [-0.4, -0.2) is 0 Å². The van der Waals surface area contributed by atoms with E-state index in [1.807, 2.05) is 0 Å². The van der Waals surface area contributed by atoms with Gasteiger partial charge in [0.15, 0.2) is 0 Å². The van der Waals surface area contributed by atoms with E-state index in [9.17, 15) is 0 Å². The Hall–Kier alpha value is -5.98. The Morgan fingerprint density at radius 3 is 1.41 bits per heavy atom. The summed E-state index contributed by atoms with van der Waals surface area (Å²) in [5, 5.41) is 10.2. The molecule has 0 aliphatic heterocycles. The molecular formula is C46H30. The zero-order valence-corrected chi connectivity index (χ0v) is 25.3. The van der Waals surface area contributed by atoms with E-state index in [4.69, 9.17) is 0 Å². The summed E-state index contributed by atoms with van der Waals surface area (Å²) in [5.74, 6) is 0. The van der Waals surface area contributed by atoms with Crippen molar-refractivity contribution in [3.05, 3.63) is 182 Å². The monoisotopic (exact) mass is 582 g/mol. The molecule has 0 N–H and O–H groups in total. The highest BCUT2D eigenvalue weighted by Crippen LogP contribution is 2.41. The topological polar surface area (TPSA) is 0 Å². The fraction of sp³-hybridized carbons (Fsp3) is 0. The van der Waals surface area contributed by atoms with Crippen LogP contribution in [0.4, 0.5) is 0 Å². The maximum absolute atomic E-state index is 2.34. The summed E-state index contributed by atoms with van der Waals surface area (Å²) >= 11 is 0. The van der Waals surface area contributed by atoms with Crippen molar-refractivity contribution >= 4 is 43.1 Å². The van der Waals surface area contributed by atoms with Crippen molar-refractivity contribution in [3.8, 4) is 44.5 Å². The lowest BCUT2D eigenvalue weighted by Gasteiger charge is -2.16. The van der Waals surface area contributed by atoms with E-state index in [1.165, 1.54) is 87.6 Å². The van der Waals surface area contributed by atoms with E-state index >= 15 is 0 Å². The lowest BCUT2D eigenvalue weighted by Crippen LogP contribution is -1.90. The molecule has 0 fully saturated rings. The predicted molar refractivity (Wildman–Crippen MR) is 198 cm³/mol. The SMILES string of the molecule is c1ccc(-c2ccc(-c3ccc(-c4cc5ccccc5c5ccccc45)cc3)c3ccccc23)c(-c2ccc3ccccc3c2)c1.